The van der Waals surface area contributed by atoms with Gasteiger partial charge in [-0.25, -0.2) is 4.98 Å². The Bertz CT molecular complexity index is 404. The largest absolute Gasteiger partial charge is 0.433 e. The number of pyridine rings is 1. The minimum Gasteiger partial charge on any atom is -0.239 e. The Hall–Kier alpha value is -1.27. The van der Waals surface area contributed by atoms with E-state index >= 15 is 0 Å². The Morgan fingerprint density at radius 2 is 1.47 bits per heavy atom. The zero-order valence-corrected chi connectivity index (χ0v) is 8.95. The van der Waals surface area contributed by atoms with Gasteiger partial charge in [-0.1, -0.05) is 19.9 Å². The quantitative estimate of drug-likeness (QED) is 0.685. The van der Waals surface area contributed by atoms with Gasteiger partial charge >= 0.3 is 12.4 Å². The fraction of sp³-hybridized carbons (Fsp3) is 0.500. The monoisotopic (exact) mass is 257 g/mol. The highest BCUT2D eigenvalue weighted by atomic mass is 19.4. The summed E-state index contributed by atoms with van der Waals surface area (Å²) < 4.78 is 74.4. The second-order valence-electron chi connectivity index (χ2n) is 3.78. The number of hydrogen-bond donors (Lipinski definition) is 0. The molecule has 0 bridgehead atoms. The van der Waals surface area contributed by atoms with E-state index in [1.54, 1.807) is 0 Å². The maximum Gasteiger partial charge on any atom is 0.433 e. The molecule has 1 heterocycles. The molecule has 0 aliphatic rings. The summed E-state index contributed by atoms with van der Waals surface area (Å²) in [5.74, 6) is -0.554. The van der Waals surface area contributed by atoms with Gasteiger partial charge in [-0.15, -0.1) is 0 Å². The Kier molecular flexibility index (Phi) is 3.40. The molecule has 1 nitrogen and oxygen atoms in total. The van der Waals surface area contributed by atoms with Crippen molar-refractivity contribution in [3.63, 3.8) is 0 Å². The van der Waals surface area contributed by atoms with Crippen LogP contribution in [0.1, 0.15) is 36.7 Å². The molecular formula is C10H9F6N. The van der Waals surface area contributed by atoms with Crippen LogP contribution in [-0.2, 0) is 12.4 Å². The van der Waals surface area contributed by atoms with Crippen LogP contribution in [0, 0.1) is 0 Å². The van der Waals surface area contributed by atoms with Gasteiger partial charge in [0.05, 0.1) is 0 Å². The minimum absolute atomic E-state index is 0.245. The molecule has 0 unspecified atom stereocenters. The Morgan fingerprint density at radius 3 is 1.82 bits per heavy atom. The van der Waals surface area contributed by atoms with Crippen LogP contribution >= 0.6 is 0 Å². The van der Waals surface area contributed by atoms with Crippen molar-refractivity contribution in [2.75, 3.05) is 0 Å². The molecule has 0 fully saturated rings. The molecule has 1 aromatic heterocycles. The van der Waals surface area contributed by atoms with E-state index in [1.165, 1.54) is 13.8 Å². The molecule has 0 aliphatic carbocycles. The number of aromatic nitrogens is 1. The van der Waals surface area contributed by atoms with Crippen molar-refractivity contribution in [2.45, 2.75) is 32.1 Å². The van der Waals surface area contributed by atoms with E-state index in [2.05, 4.69) is 4.98 Å². The first-order valence-electron chi connectivity index (χ1n) is 4.69. The first kappa shape index (κ1) is 13.8. The second kappa shape index (κ2) is 4.19. The summed E-state index contributed by atoms with van der Waals surface area (Å²) in [6.07, 6.45) is -9.77. The minimum atomic E-state index is -4.89. The predicted molar refractivity (Wildman–Crippen MR) is 48.3 cm³/mol. The van der Waals surface area contributed by atoms with Gasteiger partial charge in [0.25, 0.3) is 0 Å². The number of rotatable bonds is 1. The normalized spacial score (nSPS) is 13.2. The van der Waals surface area contributed by atoms with Crippen LogP contribution < -0.4 is 0 Å². The van der Waals surface area contributed by atoms with Crippen molar-refractivity contribution in [3.8, 4) is 0 Å². The molecule has 96 valence electrons. The van der Waals surface area contributed by atoms with E-state index in [0.717, 1.165) is 6.07 Å². The fourth-order valence-electron chi connectivity index (χ4n) is 1.32. The summed E-state index contributed by atoms with van der Waals surface area (Å²) in [5, 5.41) is 0. The number of nitrogens with zero attached hydrogens (tertiary/aromatic N) is 1. The lowest BCUT2D eigenvalue weighted by Crippen LogP contribution is -2.17. The molecule has 0 aromatic carbocycles. The van der Waals surface area contributed by atoms with Crippen LogP contribution in [0.5, 0.6) is 0 Å². The SMILES string of the molecule is CC(C)c1ccc(C(F)(F)F)nc1C(F)(F)F. The van der Waals surface area contributed by atoms with Gasteiger partial charge in [-0.05, 0) is 17.5 Å². The van der Waals surface area contributed by atoms with E-state index in [1.807, 2.05) is 0 Å². The van der Waals surface area contributed by atoms with Gasteiger partial charge < -0.3 is 0 Å². The van der Waals surface area contributed by atoms with Crippen LogP contribution in [-0.4, -0.2) is 4.98 Å². The summed E-state index contributed by atoms with van der Waals surface area (Å²) >= 11 is 0. The Balaban J connectivity index is 3.41. The van der Waals surface area contributed by atoms with Crippen LogP contribution in [0.3, 0.4) is 0 Å². The van der Waals surface area contributed by atoms with Crippen LogP contribution in [0.2, 0.25) is 0 Å². The highest BCUT2D eigenvalue weighted by Gasteiger charge is 2.40. The predicted octanol–water partition coefficient (Wildman–Crippen LogP) is 4.24. The lowest BCUT2D eigenvalue weighted by Gasteiger charge is -2.16. The molecule has 0 atom stereocenters. The van der Waals surface area contributed by atoms with Crippen LogP contribution in [0.4, 0.5) is 26.3 Å². The standard InChI is InChI=1S/C10H9F6N/c1-5(2)6-3-4-7(9(11,12)13)17-8(6)10(14,15)16/h3-5H,1-2H3. The molecule has 0 N–H and O–H groups in total. The molecule has 0 aliphatic heterocycles. The van der Waals surface area contributed by atoms with E-state index in [-0.39, 0.29) is 5.56 Å². The Morgan fingerprint density at radius 1 is 0.941 bits per heavy atom. The molecule has 0 spiro atoms. The van der Waals surface area contributed by atoms with Crippen molar-refractivity contribution in [3.05, 3.63) is 29.1 Å². The van der Waals surface area contributed by atoms with E-state index in [0.29, 0.717) is 6.07 Å². The average Bonchev–Trinajstić information content (AvgIpc) is 2.14. The highest BCUT2D eigenvalue weighted by molar-refractivity contribution is 5.29. The second-order valence-corrected chi connectivity index (χ2v) is 3.78. The van der Waals surface area contributed by atoms with Crippen LogP contribution in [0.15, 0.2) is 12.1 Å². The third-order valence-electron chi connectivity index (χ3n) is 2.11. The van der Waals surface area contributed by atoms with Gasteiger partial charge in [0.2, 0.25) is 0 Å². The van der Waals surface area contributed by atoms with Gasteiger partial charge in [-0.2, -0.15) is 26.3 Å². The number of alkyl halides is 6. The molecular weight excluding hydrogens is 248 g/mol. The molecule has 1 rings (SSSR count). The van der Waals surface area contributed by atoms with Crippen LogP contribution in [0.25, 0.3) is 0 Å². The van der Waals surface area contributed by atoms with Crippen molar-refractivity contribution >= 4 is 0 Å². The third kappa shape index (κ3) is 3.10. The third-order valence-corrected chi connectivity index (χ3v) is 2.11. The summed E-state index contributed by atoms with van der Waals surface area (Å²) in [5.41, 5.74) is -3.25. The highest BCUT2D eigenvalue weighted by Crippen LogP contribution is 2.36. The summed E-state index contributed by atoms with van der Waals surface area (Å²) in [7, 11) is 0. The van der Waals surface area contributed by atoms with Gasteiger partial charge in [0, 0.05) is 0 Å². The van der Waals surface area contributed by atoms with Crippen molar-refractivity contribution in [2.24, 2.45) is 0 Å². The summed E-state index contributed by atoms with van der Waals surface area (Å²) in [6, 6.07) is 1.38. The fourth-order valence-corrected chi connectivity index (χ4v) is 1.32. The summed E-state index contributed by atoms with van der Waals surface area (Å²) in [6.45, 7) is 2.92. The van der Waals surface area contributed by atoms with E-state index < -0.39 is 29.7 Å². The smallest absolute Gasteiger partial charge is 0.239 e. The van der Waals surface area contributed by atoms with Gasteiger partial charge in [0.1, 0.15) is 11.4 Å². The number of halogens is 6. The van der Waals surface area contributed by atoms with Crippen molar-refractivity contribution in [1.82, 2.24) is 4.98 Å². The van der Waals surface area contributed by atoms with Gasteiger partial charge in [0.15, 0.2) is 0 Å². The molecule has 0 amide bonds. The average molecular weight is 257 g/mol. The van der Waals surface area contributed by atoms with Crippen molar-refractivity contribution < 1.29 is 26.3 Å². The maximum atomic E-state index is 12.5. The lowest BCUT2D eigenvalue weighted by atomic mass is 10.0. The van der Waals surface area contributed by atoms with Gasteiger partial charge in [-0.3, -0.25) is 0 Å². The van der Waals surface area contributed by atoms with Crippen molar-refractivity contribution in [1.29, 1.82) is 0 Å². The molecule has 1 aromatic rings. The maximum absolute atomic E-state index is 12.5. The molecule has 7 heteroatoms. The van der Waals surface area contributed by atoms with E-state index in [4.69, 9.17) is 0 Å². The topological polar surface area (TPSA) is 12.9 Å². The Labute approximate surface area is 93.5 Å². The first-order valence-corrected chi connectivity index (χ1v) is 4.69. The molecule has 0 saturated carbocycles. The molecule has 0 radical (unpaired) electrons. The molecule has 17 heavy (non-hydrogen) atoms. The first-order chi connectivity index (χ1) is 7.53. The number of hydrogen-bond acceptors (Lipinski definition) is 1. The van der Waals surface area contributed by atoms with E-state index in [9.17, 15) is 26.3 Å². The summed E-state index contributed by atoms with van der Waals surface area (Å²) in [4.78, 5) is 2.69. The zero-order valence-electron chi connectivity index (χ0n) is 8.95. The zero-order chi connectivity index (χ0) is 13.4. The molecule has 0 saturated heterocycles. The lowest BCUT2D eigenvalue weighted by molar-refractivity contribution is -0.150.